The molecule has 0 atom stereocenters. The van der Waals surface area contributed by atoms with Gasteiger partial charge in [0.05, 0.1) is 11.3 Å². The fourth-order valence-electron chi connectivity index (χ4n) is 1.92. The number of rotatable bonds is 3. The van der Waals surface area contributed by atoms with Gasteiger partial charge in [-0.2, -0.15) is 4.37 Å². The maximum absolute atomic E-state index is 12.6. The lowest BCUT2D eigenvalue weighted by molar-refractivity contribution is 0.0697. The van der Waals surface area contributed by atoms with E-state index in [-0.39, 0.29) is 11.5 Å². The number of anilines is 1. The van der Waals surface area contributed by atoms with E-state index in [1.54, 1.807) is 26.1 Å². The number of amides is 1. The topological polar surface area (TPSA) is 70.5 Å². The lowest BCUT2D eigenvalue weighted by Gasteiger charge is -2.17. The molecular weight excluding hydrogens is 356 g/mol. The zero-order valence-corrected chi connectivity index (χ0v) is 14.1. The van der Waals surface area contributed by atoms with E-state index in [1.165, 1.54) is 4.90 Å². The number of halogens is 1. The summed E-state index contributed by atoms with van der Waals surface area (Å²) in [4.78, 5) is 25.2. The van der Waals surface area contributed by atoms with E-state index < -0.39 is 5.97 Å². The molecule has 0 aliphatic rings. The predicted octanol–water partition coefficient (Wildman–Crippen LogP) is 3.50. The number of carbonyl (C=O) groups excluding carboxylic acids is 1. The average Bonchev–Trinajstić information content (AvgIpc) is 2.82. The van der Waals surface area contributed by atoms with Crippen molar-refractivity contribution in [3.05, 3.63) is 45.1 Å². The molecule has 0 radical (unpaired) electrons. The molecule has 1 aromatic heterocycles. The standard InChI is InChI=1S/C14H13BrN2O3S/c1-7-5-4-6-9(11(7)15)12(18)17(3)13-10(14(19)20)8(2)16-21-13/h4-6H,1-3H3,(H,19,20). The number of hydrogen-bond acceptors (Lipinski definition) is 4. The van der Waals surface area contributed by atoms with Gasteiger partial charge in [-0.15, -0.1) is 0 Å². The highest BCUT2D eigenvalue weighted by atomic mass is 79.9. The number of carboxylic acid groups (broad SMARTS) is 1. The minimum atomic E-state index is -1.08. The van der Waals surface area contributed by atoms with Crippen molar-refractivity contribution in [2.45, 2.75) is 13.8 Å². The maximum Gasteiger partial charge on any atom is 0.340 e. The minimum Gasteiger partial charge on any atom is -0.478 e. The molecule has 0 saturated carbocycles. The Balaban J connectivity index is 2.45. The van der Waals surface area contributed by atoms with Crippen LogP contribution in [0.25, 0.3) is 0 Å². The number of nitrogens with zero attached hydrogens (tertiary/aromatic N) is 2. The van der Waals surface area contributed by atoms with Crippen molar-refractivity contribution in [2.75, 3.05) is 11.9 Å². The lowest BCUT2D eigenvalue weighted by atomic mass is 10.1. The van der Waals surface area contributed by atoms with Crippen molar-refractivity contribution in [1.82, 2.24) is 4.37 Å². The van der Waals surface area contributed by atoms with Gasteiger partial charge < -0.3 is 10.0 Å². The second kappa shape index (κ2) is 5.95. The first-order valence-corrected chi connectivity index (χ1v) is 7.64. The van der Waals surface area contributed by atoms with Crippen LogP contribution in [-0.2, 0) is 0 Å². The van der Waals surface area contributed by atoms with Crippen LogP contribution in [0.4, 0.5) is 5.00 Å². The smallest absolute Gasteiger partial charge is 0.340 e. The molecule has 2 aromatic rings. The Morgan fingerprint density at radius 2 is 2.00 bits per heavy atom. The Bertz CT molecular complexity index is 727. The molecule has 1 heterocycles. The highest BCUT2D eigenvalue weighted by Gasteiger charge is 2.25. The van der Waals surface area contributed by atoms with Crippen LogP contribution in [0.5, 0.6) is 0 Å². The molecule has 0 bridgehead atoms. The molecule has 1 amide bonds. The van der Waals surface area contributed by atoms with Gasteiger partial charge in [-0.3, -0.25) is 4.79 Å². The number of benzene rings is 1. The van der Waals surface area contributed by atoms with Gasteiger partial charge in [0.25, 0.3) is 5.91 Å². The lowest BCUT2D eigenvalue weighted by Crippen LogP contribution is -2.27. The Morgan fingerprint density at radius 3 is 2.62 bits per heavy atom. The summed E-state index contributed by atoms with van der Waals surface area (Å²) >= 11 is 4.40. The van der Waals surface area contributed by atoms with Crippen molar-refractivity contribution in [1.29, 1.82) is 0 Å². The number of carbonyl (C=O) groups is 2. The Kier molecular flexibility index (Phi) is 4.43. The third kappa shape index (κ3) is 2.84. The van der Waals surface area contributed by atoms with Gasteiger partial charge in [-0.25, -0.2) is 4.79 Å². The van der Waals surface area contributed by atoms with Crippen LogP contribution in [0, 0.1) is 13.8 Å². The molecule has 0 unspecified atom stereocenters. The van der Waals surface area contributed by atoms with Gasteiger partial charge in [-0.05, 0) is 52.9 Å². The van der Waals surface area contributed by atoms with Gasteiger partial charge in [0.2, 0.25) is 0 Å². The molecule has 0 aliphatic carbocycles. The van der Waals surface area contributed by atoms with Gasteiger partial charge in [0.15, 0.2) is 0 Å². The highest BCUT2D eigenvalue weighted by Crippen LogP contribution is 2.30. The van der Waals surface area contributed by atoms with E-state index in [0.29, 0.717) is 20.7 Å². The summed E-state index contributed by atoms with van der Waals surface area (Å²) in [5, 5.41) is 9.59. The SMILES string of the molecule is Cc1cccc(C(=O)N(C)c2snc(C)c2C(=O)O)c1Br. The van der Waals surface area contributed by atoms with Crippen LogP contribution in [0.15, 0.2) is 22.7 Å². The Hall–Kier alpha value is -1.73. The molecule has 0 spiro atoms. The largest absolute Gasteiger partial charge is 0.478 e. The highest BCUT2D eigenvalue weighted by molar-refractivity contribution is 9.10. The summed E-state index contributed by atoms with van der Waals surface area (Å²) in [6.45, 7) is 3.50. The number of aromatic nitrogens is 1. The minimum absolute atomic E-state index is 0.0691. The molecule has 110 valence electrons. The fourth-order valence-corrected chi connectivity index (χ4v) is 3.20. The van der Waals surface area contributed by atoms with Crippen LogP contribution in [0.3, 0.4) is 0 Å². The van der Waals surface area contributed by atoms with Crippen molar-refractivity contribution in [2.24, 2.45) is 0 Å². The first kappa shape index (κ1) is 15.7. The molecule has 7 heteroatoms. The van der Waals surface area contributed by atoms with Crippen LogP contribution in [0.2, 0.25) is 0 Å². The zero-order valence-electron chi connectivity index (χ0n) is 11.7. The molecule has 5 nitrogen and oxygen atoms in total. The van der Waals surface area contributed by atoms with Crippen molar-refractivity contribution in [3.8, 4) is 0 Å². The van der Waals surface area contributed by atoms with Gasteiger partial charge >= 0.3 is 5.97 Å². The van der Waals surface area contributed by atoms with E-state index in [9.17, 15) is 14.7 Å². The first-order chi connectivity index (χ1) is 9.84. The fraction of sp³-hybridized carbons (Fsp3) is 0.214. The Morgan fingerprint density at radius 1 is 1.33 bits per heavy atom. The monoisotopic (exact) mass is 368 g/mol. The van der Waals surface area contributed by atoms with E-state index in [1.807, 2.05) is 13.0 Å². The maximum atomic E-state index is 12.6. The molecule has 0 fully saturated rings. The van der Waals surface area contributed by atoms with Crippen molar-refractivity contribution in [3.63, 3.8) is 0 Å². The molecule has 1 N–H and O–H groups in total. The van der Waals surface area contributed by atoms with Gasteiger partial charge in [0.1, 0.15) is 10.6 Å². The first-order valence-electron chi connectivity index (χ1n) is 6.07. The third-order valence-corrected chi connectivity index (χ3v) is 5.16. The van der Waals surface area contributed by atoms with Gasteiger partial charge in [0, 0.05) is 11.5 Å². The van der Waals surface area contributed by atoms with E-state index in [2.05, 4.69) is 20.3 Å². The van der Waals surface area contributed by atoms with Crippen molar-refractivity contribution < 1.29 is 14.7 Å². The van der Waals surface area contributed by atoms with E-state index in [4.69, 9.17) is 0 Å². The zero-order chi connectivity index (χ0) is 15.7. The number of hydrogen-bond donors (Lipinski definition) is 1. The quantitative estimate of drug-likeness (QED) is 0.899. The molecule has 0 saturated heterocycles. The summed E-state index contributed by atoms with van der Waals surface area (Å²) in [6.07, 6.45) is 0. The number of carboxylic acids is 1. The Labute approximate surface area is 134 Å². The normalized spacial score (nSPS) is 10.5. The second-order valence-corrected chi connectivity index (χ2v) is 6.10. The summed E-state index contributed by atoms with van der Waals surface area (Å²) in [5.41, 5.74) is 1.90. The molecular formula is C14H13BrN2O3S. The van der Waals surface area contributed by atoms with Crippen LogP contribution < -0.4 is 4.90 Å². The van der Waals surface area contributed by atoms with Crippen LogP contribution >= 0.6 is 27.5 Å². The molecule has 1 aromatic carbocycles. The number of aryl methyl sites for hydroxylation is 2. The second-order valence-electron chi connectivity index (χ2n) is 4.55. The average molecular weight is 369 g/mol. The summed E-state index contributed by atoms with van der Waals surface area (Å²) < 4.78 is 4.74. The van der Waals surface area contributed by atoms with E-state index >= 15 is 0 Å². The summed E-state index contributed by atoms with van der Waals surface area (Å²) in [7, 11) is 1.55. The van der Waals surface area contributed by atoms with Crippen LogP contribution in [0.1, 0.15) is 32.0 Å². The predicted molar refractivity (Wildman–Crippen MR) is 85.4 cm³/mol. The van der Waals surface area contributed by atoms with Crippen LogP contribution in [-0.4, -0.2) is 28.4 Å². The van der Waals surface area contributed by atoms with Gasteiger partial charge in [-0.1, -0.05) is 12.1 Å². The number of aromatic carboxylic acids is 1. The third-order valence-electron chi connectivity index (χ3n) is 3.09. The van der Waals surface area contributed by atoms with E-state index in [0.717, 1.165) is 17.1 Å². The summed E-state index contributed by atoms with van der Waals surface area (Å²) in [6, 6.07) is 5.38. The summed E-state index contributed by atoms with van der Waals surface area (Å²) in [5.74, 6) is -1.36. The molecule has 2 rings (SSSR count). The van der Waals surface area contributed by atoms with Crippen molar-refractivity contribution >= 4 is 44.3 Å². The molecule has 0 aliphatic heterocycles. The molecule has 21 heavy (non-hydrogen) atoms.